The number of rotatable bonds is 1. The highest BCUT2D eigenvalue weighted by Crippen LogP contribution is 2.14. The summed E-state index contributed by atoms with van der Waals surface area (Å²) >= 11 is 0. The van der Waals surface area contributed by atoms with E-state index in [-0.39, 0.29) is 12.7 Å². The zero-order chi connectivity index (χ0) is 5.98. The zero-order valence-electron chi connectivity index (χ0n) is 4.92. The number of hydrogen-bond donors (Lipinski definition) is 1. The topological polar surface area (TPSA) is 29.5 Å². The van der Waals surface area contributed by atoms with Gasteiger partial charge in [-0.05, 0) is 13.0 Å². The summed E-state index contributed by atoms with van der Waals surface area (Å²) in [6.45, 7) is 2.03. The Kier molecular flexibility index (Phi) is 1.53. The van der Waals surface area contributed by atoms with Crippen LogP contribution in [0.15, 0.2) is 11.8 Å². The monoisotopic (exact) mass is 114 g/mol. The summed E-state index contributed by atoms with van der Waals surface area (Å²) in [5.41, 5.74) is 0. The second-order valence-electron chi connectivity index (χ2n) is 1.97. The van der Waals surface area contributed by atoms with E-state index >= 15 is 0 Å². The van der Waals surface area contributed by atoms with Gasteiger partial charge in [0.05, 0.1) is 12.4 Å². The summed E-state index contributed by atoms with van der Waals surface area (Å²) in [6, 6.07) is 0. The fourth-order valence-corrected chi connectivity index (χ4v) is 0.768. The lowest BCUT2D eigenvalue weighted by atomic mass is 10.3. The molecular formula is C6H10O2. The molecule has 0 radical (unpaired) electrons. The van der Waals surface area contributed by atoms with Gasteiger partial charge < -0.3 is 9.84 Å². The maximum atomic E-state index is 8.53. The largest absolute Gasteiger partial charge is 0.493 e. The Morgan fingerprint density at radius 1 is 2.00 bits per heavy atom. The van der Waals surface area contributed by atoms with Gasteiger partial charge in [-0.15, -0.1) is 0 Å². The highest BCUT2D eigenvalue weighted by Gasteiger charge is 2.12. The Labute approximate surface area is 48.8 Å². The summed E-state index contributed by atoms with van der Waals surface area (Å²) in [6.07, 6.45) is 2.89. The Balaban J connectivity index is 2.32. The van der Waals surface area contributed by atoms with Gasteiger partial charge in [0.2, 0.25) is 0 Å². The maximum Gasteiger partial charge on any atom is 0.125 e. The molecule has 0 aromatic heterocycles. The van der Waals surface area contributed by atoms with E-state index in [4.69, 9.17) is 9.84 Å². The van der Waals surface area contributed by atoms with Crippen molar-refractivity contribution in [2.45, 2.75) is 19.4 Å². The molecule has 8 heavy (non-hydrogen) atoms. The highest BCUT2D eigenvalue weighted by molar-refractivity contribution is 4.97. The van der Waals surface area contributed by atoms with Crippen LogP contribution >= 0.6 is 0 Å². The number of aliphatic hydroxyl groups excluding tert-OH is 1. The van der Waals surface area contributed by atoms with Crippen molar-refractivity contribution in [3.8, 4) is 0 Å². The lowest BCUT2D eigenvalue weighted by Gasteiger charge is -2.05. The maximum absolute atomic E-state index is 8.53. The molecule has 2 heteroatoms. The van der Waals surface area contributed by atoms with E-state index in [1.54, 1.807) is 0 Å². The normalized spacial score (nSPS) is 27.2. The molecule has 0 aliphatic carbocycles. The molecule has 0 amide bonds. The highest BCUT2D eigenvalue weighted by atomic mass is 16.5. The summed E-state index contributed by atoms with van der Waals surface area (Å²) in [5.74, 6) is 0.934. The fourth-order valence-electron chi connectivity index (χ4n) is 0.768. The van der Waals surface area contributed by atoms with Gasteiger partial charge in [-0.2, -0.15) is 0 Å². The minimum Gasteiger partial charge on any atom is -0.493 e. The van der Waals surface area contributed by atoms with Crippen LogP contribution in [0, 0.1) is 0 Å². The Morgan fingerprint density at radius 3 is 3.00 bits per heavy atom. The standard InChI is InChI=1S/C6H10O2/c1-5-2-3-6(4-7)8-5/h2,6-7H,3-4H2,1H3. The van der Waals surface area contributed by atoms with Crippen molar-refractivity contribution in [3.63, 3.8) is 0 Å². The van der Waals surface area contributed by atoms with E-state index < -0.39 is 0 Å². The molecule has 0 aromatic carbocycles. The Hall–Kier alpha value is -0.500. The van der Waals surface area contributed by atoms with Crippen LogP contribution in [0.5, 0.6) is 0 Å². The predicted molar refractivity (Wildman–Crippen MR) is 30.3 cm³/mol. The molecule has 1 rings (SSSR count). The minimum absolute atomic E-state index is 0.0370. The molecule has 0 saturated heterocycles. The first-order chi connectivity index (χ1) is 3.83. The van der Waals surface area contributed by atoms with Crippen molar-refractivity contribution in [1.82, 2.24) is 0 Å². The van der Waals surface area contributed by atoms with Crippen LogP contribution in [-0.2, 0) is 4.74 Å². The molecule has 1 aliphatic heterocycles. The van der Waals surface area contributed by atoms with Gasteiger partial charge in [0, 0.05) is 6.42 Å². The van der Waals surface area contributed by atoms with E-state index in [0.29, 0.717) is 0 Å². The van der Waals surface area contributed by atoms with Gasteiger partial charge in [-0.3, -0.25) is 0 Å². The second-order valence-corrected chi connectivity index (χ2v) is 1.97. The third kappa shape index (κ3) is 1.01. The molecule has 0 fully saturated rings. The quantitative estimate of drug-likeness (QED) is 0.543. The minimum atomic E-state index is 0.0370. The number of aliphatic hydroxyl groups is 1. The van der Waals surface area contributed by atoms with Crippen LogP contribution in [0.1, 0.15) is 13.3 Å². The molecule has 46 valence electrons. The third-order valence-corrected chi connectivity index (χ3v) is 1.22. The predicted octanol–water partition coefficient (Wildman–Crippen LogP) is 0.671. The summed E-state index contributed by atoms with van der Waals surface area (Å²) in [5, 5.41) is 8.53. The van der Waals surface area contributed by atoms with Gasteiger partial charge in [0.15, 0.2) is 0 Å². The van der Waals surface area contributed by atoms with E-state index in [1.807, 2.05) is 13.0 Å². The third-order valence-electron chi connectivity index (χ3n) is 1.22. The first-order valence-electron chi connectivity index (χ1n) is 2.77. The van der Waals surface area contributed by atoms with Gasteiger partial charge in [0.1, 0.15) is 6.10 Å². The summed E-state index contributed by atoms with van der Waals surface area (Å²) in [7, 11) is 0. The van der Waals surface area contributed by atoms with E-state index in [2.05, 4.69) is 0 Å². The molecule has 1 heterocycles. The SMILES string of the molecule is CC1=CCC(CO)O1. The van der Waals surface area contributed by atoms with Crippen molar-refractivity contribution in [3.05, 3.63) is 11.8 Å². The van der Waals surface area contributed by atoms with Crippen LogP contribution in [0.3, 0.4) is 0 Å². The van der Waals surface area contributed by atoms with Crippen LogP contribution in [0.4, 0.5) is 0 Å². The first-order valence-corrected chi connectivity index (χ1v) is 2.77. The molecule has 0 aromatic rings. The average molecular weight is 114 g/mol. The van der Waals surface area contributed by atoms with Gasteiger partial charge >= 0.3 is 0 Å². The van der Waals surface area contributed by atoms with Crippen molar-refractivity contribution < 1.29 is 9.84 Å². The van der Waals surface area contributed by atoms with Crippen LogP contribution < -0.4 is 0 Å². The molecule has 1 N–H and O–H groups in total. The van der Waals surface area contributed by atoms with E-state index in [0.717, 1.165) is 12.2 Å². The average Bonchev–Trinajstić information content (AvgIpc) is 2.14. The van der Waals surface area contributed by atoms with E-state index in [9.17, 15) is 0 Å². The molecular weight excluding hydrogens is 104 g/mol. The molecule has 1 aliphatic rings. The van der Waals surface area contributed by atoms with Gasteiger partial charge in [-0.25, -0.2) is 0 Å². The van der Waals surface area contributed by atoms with Gasteiger partial charge in [0.25, 0.3) is 0 Å². The lowest BCUT2D eigenvalue weighted by molar-refractivity contribution is 0.0807. The number of ether oxygens (including phenoxy) is 1. The molecule has 1 unspecified atom stereocenters. The van der Waals surface area contributed by atoms with Crippen molar-refractivity contribution >= 4 is 0 Å². The Bertz CT molecular complexity index is 107. The molecule has 0 spiro atoms. The molecule has 0 saturated carbocycles. The summed E-state index contributed by atoms with van der Waals surface area (Å²) in [4.78, 5) is 0. The van der Waals surface area contributed by atoms with Crippen molar-refractivity contribution in [1.29, 1.82) is 0 Å². The van der Waals surface area contributed by atoms with Crippen molar-refractivity contribution in [2.24, 2.45) is 0 Å². The lowest BCUT2D eigenvalue weighted by Crippen LogP contribution is -2.10. The second kappa shape index (κ2) is 2.18. The van der Waals surface area contributed by atoms with Crippen LogP contribution in [0.2, 0.25) is 0 Å². The van der Waals surface area contributed by atoms with Crippen LogP contribution in [-0.4, -0.2) is 17.8 Å². The smallest absolute Gasteiger partial charge is 0.125 e. The number of hydrogen-bond acceptors (Lipinski definition) is 2. The summed E-state index contributed by atoms with van der Waals surface area (Å²) < 4.78 is 5.12. The molecule has 0 bridgehead atoms. The first kappa shape index (κ1) is 5.63. The Morgan fingerprint density at radius 2 is 2.75 bits per heavy atom. The van der Waals surface area contributed by atoms with E-state index in [1.165, 1.54) is 0 Å². The van der Waals surface area contributed by atoms with Crippen molar-refractivity contribution in [2.75, 3.05) is 6.61 Å². The fraction of sp³-hybridized carbons (Fsp3) is 0.667. The zero-order valence-corrected chi connectivity index (χ0v) is 4.92. The number of allylic oxidation sites excluding steroid dienone is 1. The van der Waals surface area contributed by atoms with Gasteiger partial charge in [-0.1, -0.05) is 0 Å². The molecule has 1 atom stereocenters. The van der Waals surface area contributed by atoms with Crippen LogP contribution in [0.25, 0.3) is 0 Å². The molecule has 2 nitrogen and oxygen atoms in total.